The van der Waals surface area contributed by atoms with E-state index < -0.39 is 0 Å². The molecule has 0 bridgehead atoms. The summed E-state index contributed by atoms with van der Waals surface area (Å²) >= 11 is 1.61. The lowest BCUT2D eigenvalue weighted by Gasteiger charge is -2.19. The number of rotatable bonds is 9. The highest BCUT2D eigenvalue weighted by Crippen LogP contribution is 2.29. The van der Waals surface area contributed by atoms with E-state index in [4.69, 9.17) is 14.0 Å². The molecule has 0 saturated carbocycles. The van der Waals surface area contributed by atoms with Crippen LogP contribution in [0.1, 0.15) is 27.4 Å². The number of aryl methyl sites for hydroxylation is 2. The highest BCUT2D eigenvalue weighted by atomic mass is 32.2. The van der Waals surface area contributed by atoms with Crippen LogP contribution in [-0.4, -0.2) is 43.3 Å². The predicted molar refractivity (Wildman–Crippen MR) is 117 cm³/mol. The number of nitrogens with zero attached hydrogens (tertiary/aromatic N) is 2. The summed E-state index contributed by atoms with van der Waals surface area (Å²) in [6.45, 7) is 4.72. The maximum atomic E-state index is 13.0. The van der Waals surface area contributed by atoms with E-state index in [2.05, 4.69) is 5.16 Å². The molecule has 1 aromatic heterocycles. The fraction of sp³-hybridized carbons (Fsp3) is 0.304. The van der Waals surface area contributed by atoms with Gasteiger partial charge in [0, 0.05) is 23.3 Å². The van der Waals surface area contributed by atoms with Crippen molar-refractivity contribution in [3.63, 3.8) is 0 Å². The molecular weight excluding hydrogens is 400 g/mol. The summed E-state index contributed by atoms with van der Waals surface area (Å²) in [4.78, 5) is 15.6. The van der Waals surface area contributed by atoms with Gasteiger partial charge in [0.05, 0.1) is 24.9 Å². The van der Waals surface area contributed by atoms with Crippen molar-refractivity contribution in [3.05, 3.63) is 71.1 Å². The molecule has 0 N–H and O–H groups in total. The van der Waals surface area contributed by atoms with Crippen LogP contribution < -0.4 is 9.47 Å². The van der Waals surface area contributed by atoms with Gasteiger partial charge in [-0.25, -0.2) is 0 Å². The number of methoxy groups -OCH3 is 1. The fourth-order valence-corrected chi connectivity index (χ4v) is 4.10. The first kappa shape index (κ1) is 21.8. The lowest BCUT2D eigenvalue weighted by atomic mass is 10.2. The molecule has 6 nitrogen and oxygen atoms in total. The van der Waals surface area contributed by atoms with Gasteiger partial charge in [0.2, 0.25) is 0 Å². The van der Waals surface area contributed by atoms with Gasteiger partial charge >= 0.3 is 0 Å². The monoisotopic (exact) mass is 426 g/mol. The smallest absolute Gasteiger partial charge is 0.254 e. The minimum absolute atomic E-state index is 0.0322. The molecule has 0 unspecified atom stereocenters. The van der Waals surface area contributed by atoms with Crippen molar-refractivity contribution in [1.82, 2.24) is 10.1 Å². The lowest BCUT2D eigenvalue weighted by Crippen LogP contribution is -2.31. The van der Waals surface area contributed by atoms with E-state index in [1.165, 1.54) is 0 Å². The van der Waals surface area contributed by atoms with Gasteiger partial charge in [0.1, 0.15) is 23.9 Å². The highest BCUT2D eigenvalue weighted by molar-refractivity contribution is 7.98. The van der Waals surface area contributed by atoms with Crippen LogP contribution >= 0.6 is 11.8 Å². The first-order valence-electron chi connectivity index (χ1n) is 9.65. The summed E-state index contributed by atoms with van der Waals surface area (Å²) in [5.41, 5.74) is 2.64. The number of hydrogen-bond donors (Lipinski definition) is 0. The normalized spacial score (nSPS) is 10.7. The van der Waals surface area contributed by atoms with Crippen LogP contribution in [0.3, 0.4) is 0 Å². The zero-order chi connectivity index (χ0) is 21.5. The lowest BCUT2D eigenvalue weighted by molar-refractivity contribution is 0.0770. The molecule has 0 radical (unpaired) electrons. The Labute approximate surface area is 181 Å². The second-order valence-corrected chi connectivity index (χ2v) is 7.86. The number of aromatic nitrogens is 1. The molecule has 0 spiro atoms. The first-order chi connectivity index (χ1) is 14.5. The van der Waals surface area contributed by atoms with Gasteiger partial charge in [-0.2, -0.15) is 0 Å². The van der Waals surface area contributed by atoms with Crippen molar-refractivity contribution in [3.8, 4) is 11.5 Å². The molecule has 2 aromatic carbocycles. The second kappa shape index (κ2) is 10.2. The Morgan fingerprint density at radius 2 is 1.80 bits per heavy atom. The second-order valence-electron chi connectivity index (χ2n) is 6.84. The molecule has 0 saturated heterocycles. The van der Waals surface area contributed by atoms with Crippen molar-refractivity contribution in [2.45, 2.75) is 24.5 Å². The third-order valence-corrected chi connectivity index (χ3v) is 5.87. The Morgan fingerprint density at radius 3 is 2.47 bits per heavy atom. The van der Waals surface area contributed by atoms with E-state index in [1.54, 1.807) is 30.8 Å². The molecular formula is C23H26N2O4S. The first-order valence-corrected chi connectivity index (χ1v) is 10.6. The van der Waals surface area contributed by atoms with E-state index in [9.17, 15) is 4.79 Å². The molecule has 0 aliphatic carbocycles. The standard InChI is InChI=1S/C23H26N2O4S/c1-16-21(17(2)29-24-16)15-30-22-8-6-5-7-20(22)23(26)25(3)13-14-28-19-11-9-18(27-4)10-12-19/h5-12H,13-15H2,1-4H3. The molecule has 0 aliphatic rings. The number of carbonyl (C=O) groups is 1. The number of amides is 1. The zero-order valence-corrected chi connectivity index (χ0v) is 18.5. The molecule has 7 heteroatoms. The van der Waals surface area contributed by atoms with Gasteiger partial charge < -0.3 is 18.9 Å². The van der Waals surface area contributed by atoms with Gasteiger partial charge in [0.25, 0.3) is 5.91 Å². The largest absolute Gasteiger partial charge is 0.497 e. The van der Waals surface area contributed by atoms with E-state index in [0.717, 1.165) is 33.4 Å². The van der Waals surface area contributed by atoms with Crippen molar-refractivity contribution < 1.29 is 18.8 Å². The predicted octanol–water partition coefficient (Wildman–Crippen LogP) is 4.74. The van der Waals surface area contributed by atoms with Crippen LogP contribution in [0, 0.1) is 13.8 Å². The van der Waals surface area contributed by atoms with Gasteiger partial charge in [-0.1, -0.05) is 17.3 Å². The van der Waals surface area contributed by atoms with E-state index in [0.29, 0.717) is 24.5 Å². The Bertz CT molecular complexity index is 966. The summed E-state index contributed by atoms with van der Waals surface area (Å²) in [5.74, 6) is 3.01. The molecule has 30 heavy (non-hydrogen) atoms. The molecule has 0 fully saturated rings. The number of ether oxygens (including phenoxy) is 2. The summed E-state index contributed by atoms with van der Waals surface area (Å²) in [7, 11) is 3.41. The average Bonchev–Trinajstić information content (AvgIpc) is 3.09. The number of likely N-dealkylation sites (N-methyl/N-ethyl adjacent to an activating group) is 1. The third-order valence-electron chi connectivity index (χ3n) is 4.77. The summed E-state index contributed by atoms with van der Waals surface area (Å²) in [5, 5.41) is 4.00. The van der Waals surface area contributed by atoms with Gasteiger partial charge in [-0.05, 0) is 50.2 Å². The van der Waals surface area contributed by atoms with Gasteiger partial charge in [-0.3, -0.25) is 4.79 Å². The maximum absolute atomic E-state index is 13.0. The Balaban J connectivity index is 1.58. The van der Waals surface area contributed by atoms with Crippen LogP contribution in [0.5, 0.6) is 11.5 Å². The maximum Gasteiger partial charge on any atom is 0.254 e. The van der Waals surface area contributed by atoms with Crippen LogP contribution in [-0.2, 0) is 5.75 Å². The van der Waals surface area contributed by atoms with E-state index in [1.807, 2.05) is 62.4 Å². The van der Waals surface area contributed by atoms with Crippen LogP contribution in [0.4, 0.5) is 0 Å². The zero-order valence-electron chi connectivity index (χ0n) is 17.7. The Kier molecular flexibility index (Phi) is 7.41. The van der Waals surface area contributed by atoms with Gasteiger partial charge in [0.15, 0.2) is 0 Å². The number of carbonyl (C=O) groups excluding carboxylic acids is 1. The van der Waals surface area contributed by atoms with Crippen LogP contribution in [0.2, 0.25) is 0 Å². The van der Waals surface area contributed by atoms with Gasteiger partial charge in [-0.15, -0.1) is 11.8 Å². The molecule has 1 amide bonds. The summed E-state index contributed by atoms with van der Waals surface area (Å²) in [6.07, 6.45) is 0. The van der Waals surface area contributed by atoms with Crippen molar-refractivity contribution in [2.75, 3.05) is 27.3 Å². The summed E-state index contributed by atoms with van der Waals surface area (Å²) < 4.78 is 16.1. The molecule has 3 aromatic rings. The number of hydrogen-bond acceptors (Lipinski definition) is 6. The molecule has 0 atom stereocenters. The van der Waals surface area contributed by atoms with Crippen molar-refractivity contribution in [1.29, 1.82) is 0 Å². The van der Waals surface area contributed by atoms with Crippen LogP contribution in [0.15, 0.2) is 57.9 Å². The SMILES string of the molecule is COc1ccc(OCCN(C)C(=O)c2ccccc2SCc2c(C)noc2C)cc1. The molecule has 0 aliphatic heterocycles. The minimum Gasteiger partial charge on any atom is -0.497 e. The minimum atomic E-state index is -0.0322. The number of benzene rings is 2. The molecule has 1 heterocycles. The van der Waals surface area contributed by atoms with E-state index in [-0.39, 0.29) is 5.91 Å². The number of thioether (sulfide) groups is 1. The highest BCUT2D eigenvalue weighted by Gasteiger charge is 2.17. The Morgan fingerprint density at radius 1 is 1.10 bits per heavy atom. The molecule has 158 valence electrons. The Hall–Kier alpha value is -2.93. The fourth-order valence-electron chi connectivity index (χ4n) is 2.91. The van der Waals surface area contributed by atoms with Crippen molar-refractivity contribution >= 4 is 17.7 Å². The topological polar surface area (TPSA) is 64.8 Å². The average molecular weight is 427 g/mol. The van der Waals surface area contributed by atoms with Crippen LogP contribution in [0.25, 0.3) is 0 Å². The van der Waals surface area contributed by atoms with E-state index >= 15 is 0 Å². The van der Waals surface area contributed by atoms with Crippen molar-refractivity contribution in [2.24, 2.45) is 0 Å². The third kappa shape index (κ3) is 5.36. The molecule has 3 rings (SSSR count). The quantitative estimate of drug-likeness (QED) is 0.460. The summed E-state index contributed by atoms with van der Waals surface area (Å²) in [6, 6.07) is 15.0.